The van der Waals surface area contributed by atoms with Crippen molar-refractivity contribution in [3.8, 4) is 0 Å². The van der Waals surface area contributed by atoms with E-state index in [1.165, 1.54) is 18.3 Å². The van der Waals surface area contributed by atoms with Crippen LogP contribution in [0.1, 0.15) is 36.7 Å². The molecule has 0 bridgehead atoms. The minimum Gasteiger partial charge on any atom is -0.348 e. The van der Waals surface area contributed by atoms with Gasteiger partial charge in [-0.3, -0.25) is 9.59 Å². The van der Waals surface area contributed by atoms with E-state index >= 15 is 0 Å². The number of hydrogen-bond donors (Lipinski definition) is 3. The van der Waals surface area contributed by atoms with E-state index in [0.717, 1.165) is 19.3 Å². The Hall–Kier alpha value is -1.47. The molecule has 2 amide bonds. The largest absolute Gasteiger partial charge is 0.348 e. The van der Waals surface area contributed by atoms with Crippen LogP contribution in [0.5, 0.6) is 0 Å². The third-order valence-corrected chi connectivity index (χ3v) is 4.06. The van der Waals surface area contributed by atoms with E-state index in [4.69, 9.17) is 5.73 Å². The van der Waals surface area contributed by atoms with Gasteiger partial charge in [0, 0.05) is 18.3 Å². The lowest BCUT2D eigenvalue weighted by atomic mass is 10.0. The van der Waals surface area contributed by atoms with Crippen molar-refractivity contribution in [3.63, 3.8) is 0 Å². The van der Waals surface area contributed by atoms with Crippen molar-refractivity contribution in [1.29, 1.82) is 0 Å². The number of nitrogens with two attached hydrogens (primary N) is 1. The fraction of sp³-hybridized carbons (Fsp3) is 0.583. The second-order valence-electron chi connectivity index (χ2n) is 4.73. The maximum absolute atomic E-state index is 12.0. The first-order valence-electron chi connectivity index (χ1n) is 6.34. The Morgan fingerprint density at radius 3 is 3.00 bits per heavy atom. The number of nitrogens with one attached hydrogen (secondary N) is 2. The summed E-state index contributed by atoms with van der Waals surface area (Å²) in [6.07, 6.45) is 3.13. The number of rotatable bonds is 4. The van der Waals surface area contributed by atoms with Gasteiger partial charge in [-0.2, -0.15) is 0 Å². The maximum atomic E-state index is 12.0. The highest BCUT2D eigenvalue weighted by atomic mass is 32.1. The van der Waals surface area contributed by atoms with Gasteiger partial charge in [-0.15, -0.1) is 11.3 Å². The molecule has 1 aliphatic rings. The minimum absolute atomic E-state index is 0.142. The third-order valence-electron chi connectivity index (χ3n) is 3.30. The van der Waals surface area contributed by atoms with Crippen molar-refractivity contribution in [2.24, 2.45) is 11.7 Å². The highest BCUT2D eigenvalue weighted by Gasteiger charge is 2.28. The van der Waals surface area contributed by atoms with Crippen molar-refractivity contribution >= 4 is 28.3 Å². The van der Waals surface area contributed by atoms with Crippen LogP contribution in [0.3, 0.4) is 0 Å². The molecule has 1 heterocycles. The molecular weight excluding hydrogens is 264 g/mol. The van der Waals surface area contributed by atoms with Crippen LogP contribution in [-0.2, 0) is 4.79 Å². The van der Waals surface area contributed by atoms with Crippen molar-refractivity contribution < 1.29 is 9.59 Å². The van der Waals surface area contributed by atoms with Gasteiger partial charge < -0.3 is 16.4 Å². The van der Waals surface area contributed by atoms with Gasteiger partial charge in [0.25, 0.3) is 5.91 Å². The number of hydrogen-bond acceptors (Lipinski definition) is 5. The van der Waals surface area contributed by atoms with Crippen LogP contribution in [-0.4, -0.2) is 29.4 Å². The molecular formula is C12H18N4O2S. The average molecular weight is 282 g/mol. The number of amides is 2. The fourth-order valence-corrected chi connectivity index (χ4v) is 3.07. The second-order valence-corrected chi connectivity index (χ2v) is 5.58. The summed E-state index contributed by atoms with van der Waals surface area (Å²) in [6, 6.07) is 0.142. The summed E-state index contributed by atoms with van der Waals surface area (Å²) in [4.78, 5) is 27.0. The van der Waals surface area contributed by atoms with E-state index in [1.807, 2.05) is 0 Å². The van der Waals surface area contributed by atoms with Gasteiger partial charge in [-0.25, -0.2) is 4.98 Å². The Balaban J connectivity index is 1.96. The molecule has 2 unspecified atom stereocenters. The van der Waals surface area contributed by atoms with Gasteiger partial charge in [0.05, 0.1) is 0 Å². The first kappa shape index (κ1) is 14.0. The van der Waals surface area contributed by atoms with Crippen LogP contribution >= 0.6 is 11.3 Å². The lowest BCUT2D eigenvalue weighted by Crippen LogP contribution is -2.40. The quantitative estimate of drug-likeness (QED) is 0.766. The number of thiazole rings is 1. The number of nitrogens with zero attached hydrogens (tertiary/aromatic N) is 1. The van der Waals surface area contributed by atoms with Crippen molar-refractivity contribution in [3.05, 3.63) is 11.1 Å². The highest BCUT2D eigenvalue weighted by Crippen LogP contribution is 2.25. The zero-order valence-electron chi connectivity index (χ0n) is 10.8. The molecule has 2 atom stereocenters. The van der Waals surface area contributed by atoms with E-state index in [-0.39, 0.29) is 17.9 Å². The topological polar surface area (TPSA) is 97.1 Å². The monoisotopic (exact) mass is 282 g/mol. The Bertz CT molecular complexity index is 474. The first-order chi connectivity index (χ1) is 9.10. The molecule has 7 heteroatoms. The van der Waals surface area contributed by atoms with Gasteiger partial charge in [-0.05, 0) is 25.3 Å². The Morgan fingerprint density at radius 1 is 1.53 bits per heavy atom. The van der Waals surface area contributed by atoms with Crippen LogP contribution in [0.4, 0.5) is 5.13 Å². The molecule has 0 radical (unpaired) electrons. The zero-order valence-corrected chi connectivity index (χ0v) is 11.6. The van der Waals surface area contributed by atoms with E-state index in [9.17, 15) is 9.59 Å². The lowest BCUT2D eigenvalue weighted by molar-refractivity contribution is -0.114. The molecule has 1 aromatic heterocycles. The van der Waals surface area contributed by atoms with Crippen molar-refractivity contribution in [2.45, 2.75) is 32.2 Å². The van der Waals surface area contributed by atoms with Crippen LogP contribution in [0.2, 0.25) is 0 Å². The van der Waals surface area contributed by atoms with Crippen LogP contribution in [0.25, 0.3) is 0 Å². The second kappa shape index (κ2) is 6.12. The number of carbonyl (C=O) groups excluding carboxylic acids is 2. The summed E-state index contributed by atoms with van der Waals surface area (Å²) < 4.78 is 0. The fourth-order valence-electron chi connectivity index (χ4n) is 2.34. The number of aromatic nitrogens is 1. The maximum Gasteiger partial charge on any atom is 0.271 e. The predicted molar refractivity (Wildman–Crippen MR) is 74.1 cm³/mol. The average Bonchev–Trinajstić information content (AvgIpc) is 2.97. The predicted octanol–water partition coefficient (Wildman–Crippen LogP) is 0.959. The van der Waals surface area contributed by atoms with Crippen LogP contribution in [0, 0.1) is 5.92 Å². The third kappa shape index (κ3) is 3.51. The zero-order chi connectivity index (χ0) is 13.8. The summed E-state index contributed by atoms with van der Waals surface area (Å²) in [6.45, 7) is 2.00. The first-order valence-corrected chi connectivity index (χ1v) is 7.22. The van der Waals surface area contributed by atoms with Gasteiger partial charge in [0.2, 0.25) is 5.91 Å². The summed E-state index contributed by atoms with van der Waals surface area (Å²) in [5.74, 6) is -0.0316. The molecule has 104 valence electrons. The molecule has 0 saturated heterocycles. The summed E-state index contributed by atoms with van der Waals surface area (Å²) in [7, 11) is 0. The molecule has 0 aliphatic heterocycles. The van der Waals surface area contributed by atoms with Gasteiger partial charge in [-0.1, -0.05) is 6.42 Å². The van der Waals surface area contributed by atoms with E-state index in [0.29, 0.717) is 23.3 Å². The summed E-state index contributed by atoms with van der Waals surface area (Å²) in [5, 5.41) is 7.63. The highest BCUT2D eigenvalue weighted by molar-refractivity contribution is 7.14. The molecule has 1 saturated carbocycles. The SMILES string of the molecule is CC(=O)Nc1nc(C(=O)NC2CCCC2CN)cs1. The normalized spacial score (nSPS) is 22.2. The standard InChI is InChI=1S/C12H18N4O2S/c1-7(17)14-12-16-10(6-19-12)11(18)15-9-4-2-3-8(9)5-13/h6,8-9H,2-5,13H2,1H3,(H,15,18)(H,14,16,17). The molecule has 1 aromatic rings. The van der Waals surface area contributed by atoms with Gasteiger partial charge in [0.1, 0.15) is 5.69 Å². The number of anilines is 1. The van der Waals surface area contributed by atoms with E-state index in [1.54, 1.807) is 5.38 Å². The molecule has 2 rings (SSSR count). The smallest absolute Gasteiger partial charge is 0.271 e. The van der Waals surface area contributed by atoms with E-state index in [2.05, 4.69) is 15.6 Å². The minimum atomic E-state index is -0.196. The Morgan fingerprint density at radius 2 is 2.32 bits per heavy atom. The Labute approximate surface area is 115 Å². The lowest BCUT2D eigenvalue weighted by Gasteiger charge is -2.18. The molecule has 1 fully saturated rings. The van der Waals surface area contributed by atoms with Crippen LogP contribution < -0.4 is 16.4 Å². The molecule has 19 heavy (non-hydrogen) atoms. The van der Waals surface area contributed by atoms with Gasteiger partial charge in [0.15, 0.2) is 5.13 Å². The van der Waals surface area contributed by atoms with E-state index < -0.39 is 0 Å². The molecule has 0 spiro atoms. The van der Waals surface area contributed by atoms with Crippen LogP contribution in [0.15, 0.2) is 5.38 Å². The summed E-state index contributed by atoms with van der Waals surface area (Å²) in [5.41, 5.74) is 6.03. The van der Waals surface area contributed by atoms with Crippen molar-refractivity contribution in [1.82, 2.24) is 10.3 Å². The number of carbonyl (C=O) groups is 2. The van der Waals surface area contributed by atoms with Crippen molar-refractivity contribution in [2.75, 3.05) is 11.9 Å². The Kier molecular flexibility index (Phi) is 4.49. The molecule has 4 N–H and O–H groups in total. The molecule has 1 aliphatic carbocycles. The summed E-state index contributed by atoms with van der Waals surface area (Å²) >= 11 is 1.24. The van der Waals surface area contributed by atoms with Gasteiger partial charge >= 0.3 is 0 Å². The molecule has 6 nitrogen and oxygen atoms in total. The molecule has 0 aromatic carbocycles.